The van der Waals surface area contributed by atoms with Gasteiger partial charge in [-0.3, -0.25) is 20.4 Å². The van der Waals surface area contributed by atoms with Crippen LogP contribution in [-0.2, 0) is 4.79 Å². The average Bonchev–Trinajstić information content (AvgIpc) is 3.05. The lowest BCUT2D eigenvalue weighted by Crippen LogP contribution is -2.40. The third-order valence-electron chi connectivity index (χ3n) is 4.53. The quantitative estimate of drug-likeness (QED) is 0.518. The number of carbonyl (C=O) groups is 2. The van der Waals surface area contributed by atoms with E-state index < -0.39 is 5.91 Å². The third-order valence-corrected chi connectivity index (χ3v) is 4.53. The smallest absolute Gasteiger partial charge is 0.271 e. The Hall–Kier alpha value is -3.80. The van der Waals surface area contributed by atoms with Crippen molar-refractivity contribution in [3.8, 4) is 11.4 Å². The molecule has 29 heavy (non-hydrogen) atoms. The molecule has 0 saturated carbocycles. The van der Waals surface area contributed by atoms with Crippen molar-refractivity contribution >= 4 is 17.9 Å². The molecule has 1 aromatic heterocycles. The maximum absolute atomic E-state index is 12.5. The molecule has 0 bridgehead atoms. The predicted molar refractivity (Wildman–Crippen MR) is 113 cm³/mol. The maximum atomic E-state index is 12.5. The van der Waals surface area contributed by atoms with Crippen LogP contribution >= 0.6 is 0 Å². The molecule has 0 atom stereocenters. The Morgan fingerprint density at radius 3 is 2.31 bits per heavy atom. The highest BCUT2D eigenvalue weighted by atomic mass is 16.5. The number of hydrogen-bond donors (Lipinski definition) is 2. The molecule has 3 rings (SSSR count). The highest BCUT2D eigenvalue weighted by Gasteiger charge is 2.16. The molecule has 2 aromatic carbocycles. The fraction of sp³-hybridized carbons (Fsp3) is 0.130. The van der Waals surface area contributed by atoms with Crippen LogP contribution in [0.15, 0.2) is 66.7 Å². The van der Waals surface area contributed by atoms with Crippen molar-refractivity contribution in [3.63, 3.8) is 0 Å². The number of carbonyl (C=O) groups excluding carboxylic acids is 2. The molecule has 6 heteroatoms. The molecule has 0 radical (unpaired) electrons. The van der Waals surface area contributed by atoms with Gasteiger partial charge in [0.25, 0.3) is 11.8 Å². The van der Waals surface area contributed by atoms with E-state index in [1.807, 2.05) is 73.0 Å². The number of hydrazine groups is 1. The minimum atomic E-state index is -0.425. The lowest BCUT2D eigenvalue weighted by atomic mass is 10.2. The summed E-state index contributed by atoms with van der Waals surface area (Å²) in [6.45, 7) is 3.81. The molecule has 2 amide bonds. The minimum absolute atomic E-state index is 0.369. The van der Waals surface area contributed by atoms with Crippen molar-refractivity contribution in [3.05, 3.63) is 89.3 Å². The van der Waals surface area contributed by atoms with Crippen molar-refractivity contribution in [1.82, 2.24) is 15.4 Å². The van der Waals surface area contributed by atoms with E-state index in [0.29, 0.717) is 5.56 Å². The van der Waals surface area contributed by atoms with Crippen LogP contribution in [0.1, 0.15) is 27.3 Å². The summed E-state index contributed by atoms with van der Waals surface area (Å²) < 4.78 is 7.10. The number of amides is 2. The van der Waals surface area contributed by atoms with E-state index in [1.54, 1.807) is 19.3 Å². The summed E-state index contributed by atoms with van der Waals surface area (Å²) in [5.41, 5.74) is 8.94. The van der Waals surface area contributed by atoms with Crippen LogP contribution < -0.4 is 15.6 Å². The first-order valence-corrected chi connectivity index (χ1v) is 9.16. The van der Waals surface area contributed by atoms with Gasteiger partial charge < -0.3 is 9.30 Å². The van der Waals surface area contributed by atoms with Gasteiger partial charge in [-0.1, -0.05) is 30.3 Å². The normalized spacial score (nSPS) is 10.7. The van der Waals surface area contributed by atoms with Crippen molar-refractivity contribution in [2.75, 3.05) is 7.11 Å². The number of ether oxygens (including phenoxy) is 1. The Balaban J connectivity index is 1.63. The SMILES string of the molecule is COc1ccc(/C=C/C(=O)NNC(=O)c2cc(C)n(-c3ccccc3)c2C)cc1. The van der Waals surface area contributed by atoms with Crippen LogP contribution in [0.3, 0.4) is 0 Å². The first kappa shape index (κ1) is 19.9. The van der Waals surface area contributed by atoms with Gasteiger partial charge in [-0.15, -0.1) is 0 Å². The molecule has 0 aliphatic carbocycles. The van der Waals surface area contributed by atoms with Gasteiger partial charge in [0.15, 0.2) is 0 Å². The van der Waals surface area contributed by atoms with E-state index in [4.69, 9.17) is 4.74 Å². The first-order valence-electron chi connectivity index (χ1n) is 9.16. The van der Waals surface area contributed by atoms with Crippen LogP contribution in [-0.4, -0.2) is 23.5 Å². The maximum Gasteiger partial charge on any atom is 0.271 e. The molecule has 0 aliphatic rings. The van der Waals surface area contributed by atoms with Gasteiger partial charge in [0, 0.05) is 23.2 Å². The topological polar surface area (TPSA) is 72.4 Å². The second kappa shape index (κ2) is 8.93. The predicted octanol–water partition coefficient (Wildman–Crippen LogP) is 3.58. The van der Waals surface area contributed by atoms with Crippen LogP contribution in [0, 0.1) is 13.8 Å². The van der Waals surface area contributed by atoms with Gasteiger partial charge in [0.2, 0.25) is 0 Å². The van der Waals surface area contributed by atoms with Crippen LogP contribution in [0.4, 0.5) is 0 Å². The molecule has 1 heterocycles. The zero-order valence-corrected chi connectivity index (χ0v) is 16.6. The Morgan fingerprint density at radius 2 is 1.66 bits per heavy atom. The highest BCUT2D eigenvalue weighted by Crippen LogP contribution is 2.20. The second-order valence-corrected chi connectivity index (χ2v) is 6.51. The molecular formula is C23H23N3O3. The summed E-state index contributed by atoms with van der Waals surface area (Å²) in [7, 11) is 1.60. The molecule has 6 nitrogen and oxygen atoms in total. The Labute approximate surface area is 169 Å². The zero-order valence-electron chi connectivity index (χ0n) is 16.6. The van der Waals surface area contributed by atoms with E-state index in [2.05, 4.69) is 10.9 Å². The lowest BCUT2D eigenvalue weighted by molar-refractivity contribution is -0.117. The molecular weight excluding hydrogens is 366 g/mol. The number of nitrogens with zero attached hydrogens (tertiary/aromatic N) is 1. The number of methoxy groups -OCH3 is 1. The summed E-state index contributed by atoms with van der Waals surface area (Å²) in [4.78, 5) is 24.5. The van der Waals surface area contributed by atoms with E-state index in [9.17, 15) is 9.59 Å². The fourth-order valence-corrected chi connectivity index (χ4v) is 3.08. The lowest BCUT2D eigenvalue weighted by Gasteiger charge is -2.10. The molecule has 148 valence electrons. The van der Waals surface area contributed by atoms with Crippen molar-refractivity contribution in [2.24, 2.45) is 0 Å². The molecule has 0 spiro atoms. The molecule has 3 aromatic rings. The zero-order chi connectivity index (χ0) is 20.8. The van der Waals surface area contributed by atoms with Gasteiger partial charge in [0.05, 0.1) is 12.7 Å². The second-order valence-electron chi connectivity index (χ2n) is 6.51. The van der Waals surface area contributed by atoms with Gasteiger partial charge in [-0.2, -0.15) is 0 Å². The fourth-order valence-electron chi connectivity index (χ4n) is 3.08. The van der Waals surface area contributed by atoms with Gasteiger partial charge in [-0.25, -0.2) is 0 Å². The number of nitrogens with one attached hydrogen (secondary N) is 2. The van der Waals surface area contributed by atoms with E-state index in [-0.39, 0.29) is 5.91 Å². The van der Waals surface area contributed by atoms with E-state index in [1.165, 1.54) is 6.08 Å². The molecule has 0 saturated heterocycles. The number of para-hydroxylation sites is 1. The van der Waals surface area contributed by atoms with Gasteiger partial charge in [0.1, 0.15) is 5.75 Å². The average molecular weight is 389 g/mol. The first-order chi connectivity index (χ1) is 14.0. The molecule has 0 unspecified atom stereocenters. The summed E-state index contributed by atoms with van der Waals surface area (Å²) in [6.07, 6.45) is 3.01. The van der Waals surface area contributed by atoms with Crippen molar-refractivity contribution < 1.29 is 14.3 Å². The number of aryl methyl sites for hydroxylation is 1. The van der Waals surface area contributed by atoms with Gasteiger partial charge in [-0.05, 0) is 55.8 Å². The van der Waals surface area contributed by atoms with Crippen molar-refractivity contribution in [2.45, 2.75) is 13.8 Å². The minimum Gasteiger partial charge on any atom is -0.497 e. The number of aromatic nitrogens is 1. The van der Waals surface area contributed by atoms with Crippen LogP contribution in [0.25, 0.3) is 11.8 Å². The van der Waals surface area contributed by atoms with Crippen molar-refractivity contribution in [1.29, 1.82) is 0 Å². The highest BCUT2D eigenvalue weighted by molar-refractivity contribution is 5.99. The van der Waals surface area contributed by atoms with Gasteiger partial charge >= 0.3 is 0 Å². The monoisotopic (exact) mass is 389 g/mol. The molecule has 0 fully saturated rings. The Kier molecular flexibility index (Phi) is 6.14. The Morgan fingerprint density at radius 1 is 0.966 bits per heavy atom. The number of hydrogen-bond acceptors (Lipinski definition) is 3. The summed E-state index contributed by atoms with van der Waals surface area (Å²) in [5.74, 6) is -0.0514. The largest absolute Gasteiger partial charge is 0.497 e. The standard InChI is InChI=1S/C23H23N3O3/c1-16-15-21(17(2)26(16)19-7-5-4-6-8-19)23(28)25-24-22(27)14-11-18-9-12-20(29-3)13-10-18/h4-15H,1-3H3,(H,24,27)(H,25,28)/b14-11+. The van der Waals surface area contributed by atoms with Crippen LogP contribution in [0.5, 0.6) is 5.75 Å². The third kappa shape index (κ3) is 4.73. The summed E-state index contributed by atoms with van der Waals surface area (Å²) in [5, 5.41) is 0. The molecule has 0 aliphatic heterocycles. The number of rotatable bonds is 5. The number of benzene rings is 2. The Bertz CT molecular complexity index is 1040. The van der Waals surface area contributed by atoms with Crippen LogP contribution in [0.2, 0.25) is 0 Å². The summed E-state index contributed by atoms with van der Waals surface area (Å²) in [6, 6.07) is 18.9. The molecule has 2 N–H and O–H groups in total. The van der Waals surface area contributed by atoms with E-state index in [0.717, 1.165) is 28.4 Å². The van der Waals surface area contributed by atoms with E-state index >= 15 is 0 Å². The summed E-state index contributed by atoms with van der Waals surface area (Å²) >= 11 is 0.